The van der Waals surface area contributed by atoms with Gasteiger partial charge >= 0.3 is 0 Å². The van der Waals surface area contributed by atoms with Crippen LogP contribution in [0.5, 0.6) is 0 Å². The minimum absolute atomic E-state index is 0.119. The van der Waals surface area contributed by atoms with Crippen molar-refractivity contribution in [3.05, 3.63) is 15.8 Å². The lowest BCUT2D eigenvalue weighted by Crippen LogP contribution is -2.40. The Bertz CT molecular complexity index is 566. The Hall–Kier alpha value is -0.430. The van der Waals surface area contributed by atoms with Gasteiger partial charge in [-0.2, -0.15) is 4.31 Å². The molecule has 0 radical (unpaired) electrons. The maximum atomic E-state index is 12.9. The fraction of sp³-hybridized carbons (Fsp3) is 0.714. The van der Waals surface area contributed by atoms with Crippen LogP contribution in [0.15, 0.2) is 10.3 Å². The van der Waals surface area contributed by atoms with Crippen LogP contribution in [0.3, 0.4) is 0 Å². The van der Waals surface area contributed by atoms with Crippen molar-refractivity contribution in [2.75, 3.05) is 7.05 Å². The van der Waals surface area contributed by atoms with Crippen molar-refractivity contribution >= 4 is 21.4 Å². The number of hydrogen-bond donors (Lipinski definition) is 1. The average molecular weight is 316 g/mol. The van der Waals surface area contributed by atoms with E-state index in [9.17, 15) is 8.42 Å². The van der Waals surface area contributed by atoms with Gasteiger partial charge in [-0.1, -0.05) is 19.8 Å². The molecule has 1 saturated carbocycles. The van der Waals surface area contributed by atoms with Gasteiger partial charge in [-0.3, -0.25) is 0 Å². The van der Waals surface area contributed by atoms with Crippen molar-refractivity contribution in [2.45, 2.75) is 57.0 Å². The molecule has 0 amide bonds. The van der Waals surface area contributed by atoms with Crippen molar-refractivity contribution in [1.29, 1.82) is 0 Å². The molecule has 2 unspecified atom stereocenters. The monoisotopic (exact) mass is 316 g/mol. The molecule has 2 N–H and O–H groups in total. The van der Waals surface area contributed by atoms with E-state index in [1.165, 1.54) is 17.8 Å². The van der Waals surface area contributed by atoms with Crippen LogP contribution in [-0.2, 0) is 16.6 Å². The maximum Gasteiger partial charge on any atom is 0.244 e. The van der Waals surface area contributed by atoms with Gasteiger partial charge in [0, 0.05) is 24.5 Å². The topological polar surface area (TPSA) is 63.4 Å². The molecule has 0 bridgehead atoms. The van der Waals surface area contributed by atoms with E-state index in [0.29, 0.717) is 10.8 Å². The van der Waals surface area contributed by atoms with Crippen LogP contribution in [0, 0.1) is 12.8 Å². The molecule has 1 aromatic heterocycles. The lowest BCUT2D eigenvalue weighted by Gasteiger charge is -2.33. The van der Waals surface area contributed by atoms with Crippen molar-refractivity contribution in [3.8, 4) is 0 Å². The van der Waals surface area contributed by atoms with E-state index >= 15 is 0 Å². The lowest BCUT2D eigenvalue weighted by molar-refractivity contribution is 0.239. The summed E-state index contributed by atoms with van der Waals surface area (Å²) >= 11 is 1.44. The zero-order chi connectivity index (χ0) is 14.9. The summed E-state index contributed by atoms with van der Waals surface area (Å²) in [6, 6.07) is 0.119. The van der Waals surface area contributed by atoms with Crippen LogP contribution >= 0.6 is 11.3 Å². The molecule has 1 aromatic rings. The first-order valence-electron chi connectivity index (χ1n) is 7.13. The van der Waals surface area contributed by atoms with E-state index < -0.39 is 10.0 Å². The summed E-state index contributed by atoms with van der Waals surface area (Å²) in [6.45, 7) is 4.33. The molecule has 1 heterocycles. The van der Waals surface area contributed by atoms with Crippen LogP contribution in [0.4, 0.5) is 0 Å². The highest BCUT2D eigenvalue weighted by molar-refractivity contribution is 7.89. The summed E-state index contributed by atoms with van der Waals surface area (Å²) in [5, 5.41) is 1.88. The maximum absolute atomic E-state index is 12.9. The minimum Gasteiger partial charge on any atom is -0.326 e. The number of nitrogens with zero attached hydrogens (tertiary/aromatic N) is 1. The van der Waals surface area contributed by atoms with Crippen molar-refractivity contribution in [3.63, 3.8) is 0 Å². The van der Waals surface area contributed by atoms with Crippen LogP contribution < -0.4 is 5.73 Å². The van der Waals surface area contributed by atoms with Gasteiger partial charge in [0.1, 0.15) is 4.90 Å². The molecule has 6 heteroatoms. The van der Waals surface area contributed by atoms with Crippen LogP contribution in [0.1, 0.15) is 43.0 Å². The van der Waals surface area contributed by atoms with Crippen molar-refractivity contribution in [1.82, 2.24) is 4.31 Å². The average Bonchev–Trinajstić information content (AvgIpc) is 2.79. The van der Waals surface area contributed by atoms with Crippen LogP contribution in [0.2, 0.25) is 0 Å². The SMILES string of the molecule is Cc1csc(CN)c1S(=O)(=O)N(C)C1CCCC(C)C1. The Kier molecular flexibility index (Phi) is 4.89. The predicted octanol–water partition coefficient (Wildman–Crippen LogP) is 2.71. The van der Waals surface area contributed by atoms with Gasteiger partial charge in [0.2, 0.25) is 10.0 Å². The Morgan fingerprint density at radius 2 is 2.15 bits per heavy atom. The molecule has 0 aliphatic heterocycles. The van der Waals surface area contributed by atoms with Crippen molar-refractivity contribution < 1.29 is 8.42 Å². The Morgan fingerprint density at radius 3 is 2.75 bits per heavy atom. The second-order valence-corrected chi connectivity index (χ2v) is 8.72. The third kappa shape index (κ3) is 2.93. The van der Waals surface area contributed by atoms with Gasteiger partial charge < -0.3 is 5.73 Å². The summed E-state index contributed by atoms with van der Waals surface area (Å²) in [6.07, 6.45) is 4.23. The molecule has 1 fully saturated rings. The largest absolute Gasteiger partial charge is 0.326 e. The molecular formula is C14H24N2O2S2. The normalized spacial score (nSPS) is 24.2. The first kappa shape index (κ1) is 15.9. The van der Waals surface area contributed by atoms with E-state index in [0.717, 1.165) is 29.7 Å². The number of rotatable bonds is 4. The highest BCUT2D eigenvalue weighted by atomic mass is 32.2. The Balaban J connectivity index is 2.31. The molecule has 20 heavy (non-hydrogen) atoms. The van der Waals surface area contributed by atoms with Crippen LogP contribution in [0.25, 0.3) is 0 Å². The van der Waals surface area contributed by atoms with Gasteiger partial charge in [-0.25, -0.2) is 8.42 Å². The smallest absolute Gasteiger partial charge is 0.244 e. The minimum atomic E-state index is -3.43. The number of sulfonamides is 1. The molecule has 1 aliphatic carbocycles. The first-order chi connectivity index (χ1) is 9.37. The molecule has 0 spiro atoms. The van der Waals surface area contributed by atoms with E-state index in [1.807, 2.05) is 12.3 Å². The van der Waals surface area contributed by atoms with E-state index in [-0.39, 0.29) is 12.6 Å². The third-order valence-corrected chi connectivity index (χ3v) is 7.63. The van der Waals surface area contributed by atoms with Gasteiger partial charge in [0.05, 0.1) is 0 Å². The molecule has 114 valence electrons. The molecular weight excluding hydrogens is 292 g/mol. The quantitative estimate of drug-likeness (QED) is 0.929. The van der Waals surface area contributed by atoms with Crippen molar-refractivity contribution in [2.24, 2.45) is 11.7 Å². The highest BCUT2D eigenvalue weighted by Crippen LogP contribution is 2.33. The van der Waals surface area contributed by atoms with Gasteiger partial charge in [-0.05, 0) is 36.6 Å². The van der Waals surface area contributed by atoms with Gasteiger partial charge in [0.25, 0.3) is 0 Å². The van der Waals surface area contributed by atoms with E-state index in [4.69, 9.17) is 5.73 Å². The Morgan fingerprint density at radius 1 is 1.45 bits per heavy atom. The predicted molar refractivity (Wildman–Crippen MR) is 83.3 cm³/mol. The molecule has 0 saturated heterocycles. The lowest BCUT2D eigenvalue weighted by atomic mass is 9.87. The summed E-state index contributed by atoms with van der Waals surface area (Å²) in [5.41, 5.74) is 6.50. The van der Waals surface area contributed by atoms with Crippen LogP contribution in [-0.4, -0.2) is 25.8 Å². The standard InChI is InChI=1S/C14H24N2O2S2/c1-10-5-4-6-12(7-10)16(3)20(17,18)14-11(2)9-19-13(14)8-15/h9-10,12H,4-8,15H2,1-3H3. The summed E-state index contributed by atoms with van der Waals surface area (Å²) in [7, 11) is -1.71. The number of nitrogens with two attached hydrogens (primary N) is 1. The number of hydrogen-bond acceptors (Lipinski definition) is 4. The second kappa shape index (κ2) is 6.13. The first-order valence-corrected chi connectivity index (χ1v) is 9.45. The number of aryl methyl sites for hydroxylation is 1. The van der Waals surface area contributed by atoms with Gasteiger partial charge in [0.15, 0.2) is 0 Å². The second-order valence-electron chi connectivity index (χ2n) is 5.82. The van der Waals surface area contributed by atoms with E-state index in [2.05, 4.69) is 6.92 Å². The zero-order valence-electron chi connectivity index (χ0n) is 12.4. The van der Waals surface area contributed by atoms with E-state index in [1.54, 1.807) is 11.4 Å². The fourth-order valence-electron chi connectivity index (χ4n) is 3.05. The highest BCUT2D eigenvalue weighted by Gasteiger charge is 2.33. The fourth-order valence-corrected chi connectivity index (χ4v) is 6.09. The molecule has 1 aliphatic rings. The molecule has 2 atom stereocenters. The molecule has 2 rings (SSSR count). The Labute approximate surface area is 126 Å². The summed E-state index contributed by atoms with van der Waals surface area (Å²) in [5.74, 6) is 0.601. The zero-order valence-corrected chi connectivity index (χ0v) is 14.1. The molecule has 4 nitrogen and oxygen atoms in total. The molecule has 0 aromatic carbocycles. The summed E-state index contributed by atoms with van der Waals surface area (Å²) < 4.78 is 27.3. The third-order valence-electron chi connectivity index (χ3n) is 4.23. The summed E-state index contributed by atoms with van der Waals surface area (Å²) in [4.78, 5) is 1.20. The number of thiophene rings is 1. The van der Waals surface area contributed by atoms with Gasteiger partial charge in [-0.15, -0.1) is 11.3 Å².